The molecule has 3 N–H and O–H groups in total. The Morgan fingerprint density at radius 3 is 2.67 bits per heavy atom. The van der Waals surface area contributed by atoms with Crippen LogP contribution in [0.3, 0.4) is 0 Å². The third-order valence-corrected chi connectivity index (χ3v) is 5.68. The molecule has 4 rings (SSSR count). The van der Waals surface area contributed by atoms with Gasteiger partial charge >= 0.3 is 0 Å². The average Bonchev–Trinajstić information content (AvgIpc) is 3.28. The first-order chi connectivity index (χ1) is 14.5. The van der Waals surface area contributed by atoms with Gasteiger partial charge in [0.1, 0.15) is 17.6 Å². The Hall–Kier alpha value is -3.35. The molecule has 30 heavy (non-hydrogen) atoms. The van der Waals surface area contributed by atoms with Crippen molar-refractivity contribution in [1.82, 2.24) is 14.5 Å². The van der Waals surface area contributed by atoms with E-state index in [1.807, 2.05) is 37.5 Å². The van der Waals surface area contributed by atoms with Gasteiger partial charge in [0.15, 0.2) is 11.6 Å². The van der Waals surface area contributed by atoms with Crippen molar-refractivity contribution in [2.45, 2.75) is 46.2 Å². The van der Waals surface area contributed by atoms with E-state index < -0.39 is 0 Å². The van der Waals surface area contributed by atoms with Gasteiger partial charge in [-0.25, -0.2) is 9.97 Å². The van der Waals surface area contributed by atoms with Gasteiger partial charge < -0.3 is 20.5 Å². The topological polar surface area (TPSA) is 83.9 Å². The van der Waals surface area contributed by atoms with Crippen molar-refractivity contribution in [1.29, 1.82) is 0 Å². The summed E-state index contributed by atoms with van der Waals surface area (Å²) < 4.78 is 2.08. The number of benzene rings is 1. The van der Waals surface area contributed by atoms with E-state index in [9.17, 15) is 4.79 Å². The number of carbonyl (C=O) groups is 1. The normalized spacial score (nSPS) is 17.5. The molecule has 1 aliphatic rings. The molecule has 1 aromatic carbocycles. The Bertz CT molecular complexity index is 1050. The SMILES string of the molecule is CCC(C)C1Nc2nc(C)nc(NC(C)c3cccc(-n4cccc4)c3)c2NC1=O. The van der Waals surface area contributed by atoms with Crippen LogP contribution in [0.5, 0.6) is 0 Å². The number of aryl methyl sites for hydroxylation is 1. The number of anilines is 3. The van der Waals surface area contributed by atoms with Crippen LogP contribution in [-0.2, 0) is 4.79 Å². The van der Waals surface area contributed by atoms with Crippen molar-refractivity contribution < 1.29 is 4.79 Å². The molecule has 1 aliphatic heterocycles. The van der Waals surface area contributed by atoms with E-state index in [4.69, 9.17) is 0 Å². The smallest absolute Gasteiger partial charge is 0.247 e. The van der Waals surface area contributed by atoms with Gasteiger partial charge in [0.2, 0.25) is 5.91 Å². The molecule has 0 radical (unpaired) electrons. The third-order valence-electron chi connectivity index (χ3n) is 5.68. The van der Waals surface area contributed by atoms with Crippen LogP contribution >= 0.6 is 0 Å². The number of nitrogens with zero attached hydrogens (tertiary/aromatic N) is 3. The summed E-state index contributed by atoms with van der Waals surface area (Å²) >= 11 is 0. The van der Waals surface area contributed by atoms with E-state index in [0.29, 0.717) is 23.1 Å². The lowest BCUT2D eigenvalue weighted by Gasteiger charge is -2.31. The molecule has 3 unspecified atom stereocenters. The van der Waals surface area contributed by atoms with Crippen LogP contribution in [0.25, 0.3) is 5.69 Å². The first-order valence-corrected chi connectivity index (χ1v) is 10.4. The van der Waals surface area contributed by atoms with E-state index >= 15 is 0 Å². The second-order valence-corrected chi connectivity index (χ2v) is 7.89. The van der Waals surface area contributed by atoms with E-state index in [1.165, 1.54) is 0 Å². The highest BCUT2D eigenvalue weighted by Crippen LogP contribution is 2.35. The molecule has 0 bridgehead atoms. The highest BCUT2D eigenvalue weighted by molar-refractivity contribution is 6.05. The zero-order valence-corrected chi connectivity index (χ0v) is 17.8. The molecule has 3 heterocycles. The number of hydrogen-bond acceptors (Lipinski definition) is 5. The molecule has 7 heteroatoms. The Kier molecular flexibility index (Phi) is 5.44. The van der Waals surface area contributed by atoms with Crippen molar-refractivity contribution in [2.24, 2.45) is 5.92 Å². The molecule has 0 saturated carbocycles. The van der Waals surface area contributed by atoms with Gasteiger partial charge in [0.25, 0.3) is 0 Å². The minimum Gasteiger partial charge on any atom is -0.362 e. The number of rotatable bonds is 6. The minimum atomic E-state index is -0.291. The number of nitrogens with one attached hydrogen (secondary N) is 3. The zero-order chi connectivity index (χ0) is 21.3. The van der Waals surface area contributed by atoms with Crippen LogP contribution in [-0.4, -0.2) is 26.5 Å². The van der Waals surface area contributed by atoms with Crippen LogP contribution < -0.4 is 16.0 Å². The molecule has 0 spiro atoms. The standard InChI is InChI=1S/C23H28N6O/c1-5-14(2)19-23(30)28-20-21(25-16(4)26-22(20)27-19)24-15(3)17-9-8-10-18(13-17)29-11-6-7-12-29/h6-15,19H,5H2,1-4H3,(H,28,30)(H2,24,25,26,27). The first kappa shape index (κ1) is 19.9. The molecular weight excluding hydrogens is 376 g/mol. The predicted octanol–water partition coefficient (Wildman–Crippen LogP) is 4.53. The number of carbonyl (C=O) groups excluding carboxylic acids is 1. The fourth-order valence-electron chi connectivity index (χ4n) is 3.70. The summed E-state index contributed by atoms with van der Waals surface area (Å²) in [6.07, 6.45) is 4.96. The van der Waals surface area contributed by atoms with Gasteiger partial charge in [-0.2, -0.15) is 0 Å². The summed E-state index contributed by atoms with van der Waals surface area (Å²) in [4.78, 5) is 21.8. The summed E-state index contributed by atoms with van der Waals surface area (Å²) in [5.41, 5.74) is 2.83. The van der Waals surface area contributed by atoms with Crippen molar-refractivity contribution in [3.63, 3.8) is 0 Å². The highest BCUT2D eigenvalue weighted by atomic mass is 16.2. The summed E-state index contributed by atoms with van der Waals surface area (Å²) in [5.74, 6) is 2.11. The summed E-state index contributed by atoms with van der Waals surface area (Å²) in [6, 6.07) is 12.1. The van der Waals surface area contributed by atoms with Crippen LogP contribution in [0.2, 0.25) is 0 Å². The van der Waals surface area contributed by atoms with E-state index in [0.717, 1.165) is 17.7 Å². The fourth-order valence-corrected chi connectivity index (χ4v) is 3.70. The van der Waals surface area contributed by atoms with Crippen LogP contribution in [0, 0.1) is 12.8 Å². The molecule has 3 aromatic rings. The molecule has 0 saturated heterocycles. The van der Waals surface area contributed by atoms with E-state index in [-0.39, 0.29) is 23.9 Å². The molecule has 1 amide bonds. The van der Waals surface area contributed by atoms with E-state index in [2.05, 4.69) is 69.5 Å². The lowest BCUT2D eigenvalue weighted by Crippen LogP contribution is -2.44. The number of amides is 1. The quantitative estimate of drug-likeness (QED) is 0.562. The predicted molar refractivity (Wildman–Crippen MR) is 120 cm³/mol. The Morgan fingerprint density at radius 1 is 1.17 bits per heavy atom. The summed E-state index contributed by atoms with van der Waals surface area (Å²) in [5, 5.41) is 9.79. The van der Waals surface area contributed by atoms with Gasteiger partial charge in [0.05, 0.1) is 6.04 Å². The summed E-state index contributed by atoms with van der Waals surface area (Å²) in [7, 11) is 0. The second-order valence-electron chi connectivity index (χ2n) is 7.89. The van der Waals surface area contributed by atoms with Crippen molar-refractivity contribution in [2.75, 3.05) is 16.0 Å². The molecule has 0 fully saturated rings. The Labute approximate surface area is 176 Å². The van der Waals surface area contributed by atoms with Gasteiger partial charge in [-0.3, -0.25) is 4.79 Å². The van der Waals surface area contributed by atoms with Crippen LogP contribution in [0.1, 0.15) is 44.6 Å². The van der Waals surface area contributed by atoms with Gasteiger partial charge in [0, 0.05) is 18.1 Å². The molecule has 7 nitrogen and oxygen atoms in total. The van der Waals surface area contributed by atoms with Gasteiger partial charge in [-0.15, -0.1) is 0 Å². The monoisotopic (exact) mass is 404 g/mol. The molecular formula is C23H28N6O. The highest BCUT2D eigenvalue weighted by Gasteiger charge is 2.32. The summed E-state index contributed by atoms with van der Waals surface area (Å²) in [6.45, 7) is 8.09. The van der Waals surface area contributed by atoms with Crippen molar-refractivity contribution in [3.05, 3.63) is 60.2 Å². The molecule has 3 atom stereocenters. The van der Waals surface area contributed by atoms with Crippen LogP contribution in [0.15, 0.2) is 48.8 Å². The van der Waals surface area contributed by atoms with Gasteiger partial charge in [-0.1, -0.05) is 32.4 Å². The lowest BCUT2D eigenvalue weighted by atomic mass is 9.97. The molecule has 2 aromatic heterocycles. The average molecular weight is 405 g/mol. The maximum atomic E-state index is 12.7. The third kappa shape index (κ3) is 3.87. The fraction of sp³-hybridized carbons (Fsp3) is 0.348. The number of fused-ring (bicyclic) bond motifs is 1. The number of aromatic nitrogens is 3. The largest absolute Gasteiger partial charge is 0.362 e. The van der Waals surface area contributed by atoms with Crippen molar-refractivity contribution in [3.8, 4) is 5.69 Å². The second kappa shape index (κ2) is 8.18. The maximum absolute atomic E-state index is 12.7. The first-order valence-electron chi connectivity index (χ1n) is 10.4. The zero-order valence-electron chi connectivity index (χ0n) is 17.8. The van der Waals surface area contributed by atoms with E-state index in [1.54, 1.807) is 0 Å². The molecule has 156 valence electrons. The molecule has 0 aliphatic carbocycles. The minimum absolute atomic E-state index is 0.0110. The Morgan fingerprint density at radius 2 is 1.93 bits per heavy atom. The van der Waals surface area contributed by atoms with Crippen LogP contribution in [0.4, 0.5) is 17.3 Å². The van der Waals surface area contributed by atoms with Gasteiger partial charge in [-0.05, 0) is 49.6 Å². The van der Waals surface area contributed by atoms with Crippen molar-refractivity contribution >= 4 is 23.2 Å². The Balaban J connectivity index is 1.61. The number of hydrogen-bond donors (Lipinski definition) is 3. The lowest BCUT2D eigenvalue weighted by molar-refractivity contribution is -0.118. The maximum Gasteiger partial charge on any atom is 0.247 e.